The average Bonchev–Trinajstić information content (AvgIpc) is 2.80. The lowest BCUT2D eigenvalue weighted by molar-refractivity contribution is -0.169. The van der Waals surface area contributed by atoms with E-state index in [0.29, 0.717) is 5.02 Å². The van der Waals surface area contributed by atoms with Crippen LogP contribution in [0.25, 0.3) is 0 Å². The van der Waals surface area contributed by atoms with Crippen molar-refractivity contribution in [3.05, 3.63) is 23.5 Å². The molecule has 1 spiro atoms. The van der Waals surface area contributed by atoms with Crippen LogP contribution in [0.2, 0.25) is 5.02 Å². The first-order valence-corrected chi connectivity index (χ1v) is 6.29. The Hall–Kier alpha value is -0.840. The predicted molar refractivity (Wildman–Crippen MR) is 65.3 cm³/mol. The Labute approximate surface area is 105 Å². The van der Waals surface area contributed by atoms with E-state index in [-0.39, 0.29) is 5.79 Å². The highest BCUT2D eigenvalue weighted by Crippen LogP contribution is 2.34. The maximum Gasteiger partial charge on any atom is 0.171 e. The van der Waals surface area contributed by atoms with E-state index >= 15 is 0 Å². The van der Waals surface area contributed by atoms with Crippen LogP contribution in [0.3, 0.4) is 0 Å². The fourth-order valence-corrected chi connectivity index (χ4v) is 2.74. The maximum atomic E-state index is 6.14. The number of hydrogen-bond donors (Lipinski definition) is 0. The molecule has 0 saturated carbocycles. The third-order valence-electron chi connectivity index (χ3n) is 3.43. The van der Waals surface area contributed by atoms with Crippen LogP contribution in [0.4, 0.5) is 5.69 Å². The zero-order chi connectivity index (χ0) is 11.7. The minimum absolute atomic E-state index is 0.323. The molecule has 0 atom stereocenters. The van der Waals surface area contributed by atoms with E-state index < -0.39 is 0 Å². The monoisotopic (exact) mass is 254 g/mol. The third kappa shape index (κ3) is 2.12. The van der Waals surface area contributed by atoms with Crippen LogP contribution in [0, 0.1) is 0 Å². The van der Waals surface area contributed by atoms with Crippen LogP contribution in [-0.4, -0.2) is 37.1 Å². The first-order chi connectivity index (χ1) is 8.29. The lowest BCUT2D eigenvalue weighted by Gasteiger charge is -2.38. The van der Waals surface area contributed by atoms with Crippen LogP contribution in [-0.2, 0) is 9.47 Å². The van der Waals surface area contributed by atoms with E-state index in [1.54, 1.807) is 12.4 Å². The van der Waals surface area contributed by atoms with E-state index in [2.05, 4.69) is 9.88 Å². The Balaban J connectivity index is 1.71. The quantitative estimate of drug-likeness (QED) is 0.769. The minimum atomic E-state index is -0.323. The van der Waals surface area contributed by atoms with Gasteiger partial charge in [-0.2, -0.15) is 0 Å². The molecule has 4 nitrogen and oxygen atoms in total. The highest BCUT2D eigenvalue weighted by molar-refractivity contribution is 6.33. The topological polar surface area (TPSA) is 34.6 Å². The summed E-state index contributed by atoms with van der Waals surface area (Å²) in [6.45, 7) is 3.25. The fraction of sp³-hybridized carbons (Fsp3) is 0.583. The Morgan fingerprint density at radius 3 is 2.59 bits per heavy atom. The summed E-state index contributed by atoms with van der Waals surface area (Å²) in [7, 11) is 0. The average molecular weight is 255 g/mol. The second-order valence-corrected chi connectivity index (χ2v) is 4.83. The predicted octanol–water partition coefficient (Wildman–Crippen LogP) is 2.08. The largest absolute Gasteiger partial charge is 0.370 e. The van der Waals surface area contributed by atoms with Gasteiger partial charge in [0.25, 0.3) is 0 Å². The van der Waals surface area contributed by atoms with Crippen LogP contribution in [0.5, 0.6) is 0 Å². The number of halogens is 1. The second-order valence-electron chi connectivity index (χ2n) is 4.42. The first kappa shape index (κ1) is 11.3. The number of hydrogen-bond acceptors (Lipinski definition) is 4. The van der Waals surface area contributed by atoms with Crippen molar-refractivity contribution >= 4 is 17.3 Å². The van der Waals surface area contributed by atoms with Crippen molar-refractivity contribution in [1.82, 2.24) is 4.98 Å². The molecule has 0 amide bonds. The molecule has 3 heterocycles. The van der Waals surface area contributed by atoms with Crippen molar-refractivity contribution in [2.45, 2.75) is 18.6 Å². The molecule has 0 aromatic carbocycles. The van der Waals surface area contributed by atoms with E-state index in [1.165, 1.54) is 0 Å². The van der Waals surface area contributed by atoms with Gasteiger partial charge in [0.05, 0.1) is 23.9 Å². The Kier molecular flexibility index (Phi) is 2.94. The Morgan fingerprint density at radius 1 is 1.24 bits per heavy atom. The molecule has 3 rings (SSSR count). The molecule has 2 aliphatic heterocycles. The van der Waals surface area contributed by atoms with Gasteiger partial charge in [0.2, 0.25) is 0 Å². The van der Waals surface area contributed by atoms with Gasteiger partial charge in [-0.15, -0.1) is 0 Å². The molecule has 5 heteroatoms. The van der Waals surface area contributed by atoms with E-state index in [9.17, 15) is 0 Å². The van der Waals surface area contributed by atoms with E-state index in [0.717, 1.165) is 44.8 Å². The van der Waals surface area contributed by atoms with Crippen molar-refractivity contribution in [3.63, 3.8) is 0 Å². The number of piperidine rings is 1. The molecule has 1 aromatic rings. The van der Waals surface area contributed by atoms with Crippen LogP contribution >= 0.6 is 11.6 Å². The number of nitrogens with zero attached hydrogens (tertiary/aromatic N) is 2. The molecule has 0 radical (unpaired) electrons. The molecule has 92 valence electrons. The Morgan fingerprint density at radius 2 is 1.94 bits per heavy atom. The number of rotatable bonds is 1. The summed E-state index contributed by atoms with van der Waals surface area (Å²) >= 11 is 6.14. The first-order valence-electron chi connectivity index (χ1n) is 5.91. The number of pyridine rings is 1. The van der Waals surface area contributed by atoms with E-state index in [1.807, 2.05) is 6.07 Å². The normalized spacial score (nSPS) is 23.2. The second kappa shape index (κ2) is 4.44. The Bertz CT molecular complexity index is 397. The molecule has 2 aliphatic rings. The lowest BCUT2D eigenvalue weighted by atomic mass is 10.0. The maximum absolute atomic E-state index is 6.14. The molecule has 0 N–H and O–H groups in total. The molecule has 1 aromatic heterocycles. The van der Waals surface area contributed by atoms with Gasteiger partial charge in [-0.1, -0.05) is 11.6 Å². The summed E-state index contributed by atoms with van der Waals surface area (Å²) in [5, 5.41) is 0.705. The summed E-state index contributed by atoms with van der Waals surface area (Å²) in [5.41, 5.74) is 1.05. The molecule has 2 saturated heterocycles. The summed E-state index contributed by atoms with van der Waals surface area (Å²) in [6.07, 6.45) is 5.25. The van der Waals surface area contributed by atoms with Gasteiger partial charge in [-0.25, -0.2) is 0 Å². The summed E-state index contributed by atoms with van der Waals surface area (Å²) in [4.78, 5) is 6.27. The van der Waals surface area contributed by atoms with Crippen LogP contribution < -0.4 is 4.90 Å². The zero-order valence-electron chi connectivity index (χ0n) is 9.56. The smallest absolute Gasteiger partial charge is 0.171 e. The molecule has 0 aliphatic carbocycles. The zero-order valence-corrected chi connectivity index (χ0v) is 10.3. The van der Waals surface area contributed by atoms with Gasteiger partial charge in [0.15, 0.2) is 5.79 Å². The lowest BCUT2D eigenvalue weighted by Crippen LogP contribution is -2.45. The number of ether oxygens (including phenoxy) is 2. The number of aromatic nitrogens is 1. The van der Waals surface area contributed by atoms with Gasteiger partial charge in [0, 0.05) is 38.3 Å². The van der Waals surface area contributed by atoms with Gasteiger partial charge in [0.1, 0.15) is 0 Å². The van der Waals surface area contributed by atoms with Crippen molar-refractivity contribution < 1.29 is 9.47 Å². The molecule has 0 bridgehead atoms. The van der Waals surface area contributed by atoms with Crippen LogP contribution in [0.1, 0.15) is 12.8 Å². The highest BCUT2D eigenvalue weighted by atomic mass is 35.5. The molecule has 0 unspecified atom stereocenters. The summed E-state index contributed by atoms with van der Waals surface area (Å²) < 4.78 is 11.4. The molecular weight excluding hydrogens is 240 g/mol. The molecule has 17 heavy (non-hydrogen) atoms. The standard InChI is InChI=1S/C12H15ClN2O2/c13-10-9-14-4-1-11(10)15-5-2-12(3-6-15)16-7-8-17-12/h1,4,9H,2-3,5-8H2. The van der Waals surface area contributed by atoms with Gasteiger partial charge >= 0.3 is 0 Å². The summed E-state index contributed by atoms with van der Waals surface area (Å²) in [5.74, 6) is -0.323. The fourth-order valence-electron chi connectivity index (χ4n) is 2.50. The third-order valence-corrected chi connectivity index (χ3v) is 3.72. The van der Waals surface area contributed by atoms with Gasteiger partial charge in [-0.3, -0.25) is 4.98 Å². The SMILES string of the molecule is Clc1cnccc1N1CCC2(CC1)OCCO2. The molecule has 2 fully saturated rings. The van der Waals surface area contributed by atoms with E-state index in [4.69, 9.17) is 21.1 Å². The van der Waals surface area contributed by atoms with Crippen molar-refractivity contribution in [2.75, 3.05) is 31.2 Å². The van der Waals surface area contributed by atoms with Crippen molar-refractivity contribution in [2.24, 2.45) is 0 Å². The summed E-state index contributed by atoms with van der Waals surface area (Å²) in [6, 6.07) is 1.96. The van der Waals surface area contributed by atoms with Gasteiger partial charge < -0.3 is 14.4 Å². The molecular formula is C12H15ClN2O2. The van der Waals surface area contributed by atoms with Crippen molar-refractivity contribution in [1.29, 1.82) is 0 Å². The van der Waals surface area contributed by atoms with Crippen molar-refractivity contribution in [3.8, 4) is 0 Å². The van der Waals surface area contributed by atoms with Gasteiger partial charge in [-0.05, 0) is 6.07 Å². The highest BCUT2D eigenvalue weighted by Gasteiger charge is 2.39. The number of anilines is 1. The van der Waals surface area contributed by atoms with Crippen LogP contribution in [0.15, 0.2) is 18.5 Å². The minimum Gasteiger partial charge on any atom is -0.370 e.